The number of aromatic nitrogens is 5. The topological polar surface area (TPSA) is 118 Å². The highest BCUT2D eigenvalue weighted by Crippen LogP contribution is 2.20. The van der Waals surface area contributed by atoms with Crippen LogP contribution in [0.2, 0.25) is 0 Å². The molecule has 0 spiro atoms. The maximum atomic E-state index is 10.6. The molecular weight excluding hydrogens is 214 g/mol. The third-order valence-electron chi connectivity index (χ3n) is 2.26. The zero-order chi connectivity index (χ0) is 11.9. The number of anilines is 1. The van der Waals surface area contributed by atoms with Gasteiger partial charge in [-0.3, -0.25) is 4.57 Å². The second-order valence-electron chi connectivity index (χ2n) is 3.20. The highest BCUT2D eigenvalue weighted by atomic mass is 16.6. The fourth-order valence-corrected chi connectivity index (χ4v) is 1.31. The molecule has 0 aliphatic heterocycles. The molecule has 0 aliphatic rings. The zero-order valence-corrected chi connectivity index (χ0v) is 8.65. The summed E-state index contributed by atoms with van der Waals surface area (Å²) in [5.41, 5.74) is 5.51. The van der Waals surface area contributed by atoms with E-state index in [4.69, 9.17) is 5.73 Å². The number of rotatable bonds is 2. The number of nitro groups is 1. The Morgan fingerprint density at radius 2 is 2.00 bits per heavy atom. The van der Waals surface area contributed by atoms with Gasteiger partial charge in [0.2, 0.25) is 11.8 Å². The van der Waals surface area contributed by atoms with Crippen LogP contribution in [0, 0.1) is 10.1 Å². The van der Waals surface area contributed by atoms with Crippen LogP contribution >= 0.6 is 0 Å². The summed E-state index contributed by atoms with van der Waals surface area (Å²) in [5, 5.41) is 18.1. The molecule has 84 valence electrons. The number of hydrogen-bond donors (Lipinski definition) is 1. The lowest BCUT2D eigenvalue weighted by Gasteiger charge is -1.98. The second-order valence-corrected chi connectivity index (χ2v) is 3.20. The van der Waals surface area contributed by atoms with Crippen LogP contribution in [-0.2, 0) is 14.1 Å². The van der Waals surface area contributed by atoms with Gasteiger partial charge in [0.05, 0.1) is 7.05 Å². The Bertz CT molecular complexity index is 555. The summed E-state index contributed by atoms with van der Waals surface area (Å²) >= 11 is 0. The van der Waals surface area contributed by atoms with Crippen molar-refractivity contribution in [2.45, 2.75) is 0 Å². The summed E-state index contributed by atoms with van der Waals surface area (Å²) in [5.74, 6) is 0.837. The molecule has 0 bridgehead atoms. The zero-order valence-electron chi connectivity index (χ0n) is 8.65. The Morgan fingerprint density at radius 1 is 1.31 bits per heavy atom. The normalized spacial score (nSPS) is 10.6. The average molecular weight is 223 g/mol. The number of nitrogen functional groups attached to an aromatic ring is 1. The summed E-state index contributed by atoms with van der Waals surface area (Å²) in [4.78, 5) is 14.0. The van der Waals surface area contributed by atoms with Gasteiger partial charge in [-0.1, -0.05) is 0 Å². The van der Waals surface area contributed by atoms with Gasteiger partial charge in [0, 0.05) is 7.05 Å². The van der Waals surface area contributed by atoms with Gasteiger partial charge in [0.25, 0.3) is 5.82 Å². The molecule has 0 fully saturated rings. The van der Waals surface area contributed by atoms with Crippen molar-refractivity contribution in [2.75, 3.05) is 5.73 Å². The maximum Gasteiger partial charge on any atom is 0.343 e. The largest absolute Gasteiger partial charge is 0.368 e. The minimum absolute atomic E-state index is 0.114. The van der Waals surface area contributed by atoms with E-state index in [9.17, 15) is 10.1 Å². The van der Waals surface area contributed by atoms with E-state index in [-0.39, 0.29) is 11.8 Å². The smallest absolute Gasteiger partial charge is 0.343 e. The van der Waals surface area contributed by atoms with Gasteiger partial charge in [-0.15, -0.1) is 10.2 Å². The Kier molecular flexibility index (Phi) is 2.07. The quantitative estimate of drug-likeness (QED) is 0.551. The molecule has 2 aromatic heterocycles. The highest BCUT2D eigenvalue weighted by Gasteiger charge is 2.22. The van der Waals surface area contributed by atoms with Gasteiger partial charge in [-0.05, 0) is 4.92 Å². The Morgan fingerprint density at radius 3 is 2.44 bits per heavy atom. The van der Waals surface area contributed by atoms with Crippen LogP contribution in [0.25, 0.3) is 11.6 Å². The van der Waals surface area contributed by atoms with Crippen molar-refractivity contribution in [1.82, 2.24) is 24.3 Å². The first-order chi connectivity index (χ1) is 7.52. The van der Waals surface area contributed by atoms with E-state index in [1.807, 2.05) is 0 Å². The number of nitrogens with two attached hydrogens (primary N) is 1. The van der Waals surface area contributed by atoms with Crippen molar-refractivity contribution in [2.24, 2.45) is 14.1 Å². The molecule has 2 heterocycles. The minimum atomic E-state index is -0.518. The van der Waals surface area contributed by atoms with Crippen LogP contribution in [0.4, 0.5) is 11.8 Å². The van der Waals surface area contributed by atoms with Crippen LogP contribution in [0.5, 0.6) is 0 Å². The Hall–Kier alpha value is -2.45. The van der Waals surface area contributed by atoms with Gasteiger partial charge in [-0.2, -0.15) is 0 Å². The van der Waals surface area contributed by atoms with E-state index in [1.165, 1.54) is 22.4 Å². The van der Waals surface area contributed by atoms with Crippen LogP contribution in [0.3, 0.4) is 0 Å². The lowest BCUT2D eigenvalue weighted by atomic mass is 10.5. The molecule has 2 N–H and O–H groups in total. The minimum Gasteiger partial charge on any atom is -0.368 e. The van der Waals surface area contributed by atoms with Crippen LogP contribution < -0.4 is 5.73 Å². The van der Waals surface area contributed by atoms with Gasteiger partial charge in [-0.25, -0.2) is 9.55 Å². The van der Waals surface area contributed by atoms with Gasteiger partial charge >= 0.3 is 5.82 Å². The van der Waals surface area contributed by atoms with Gasteiger partial charge < -0.3 is 15.8 Å². The van der Waals surface area contributed by atoms with Crippen LogP contribution in [-0.4, -0.2) is 29.2 Å². The number of nitrogens with zero attached hydrogens (tertiary/aromatic N) is 6. The third-order valence-corrected chi connectivity index (χ3v) is 2.26. The van der Waals surface area contributed by atoms with Crippen molar-refractivity contribution < 1.29 is 4.92 Å². The molecule has 0 aliphatic carbocycles. The van der Waals surface area contributed by atoms with Gasteiger partial charge in [0.1, 0.15) is 6.20 Å². The van der Waals surface area contributed by atoms with E-state index in [2.05, 4.69) is 15.2 Å². The first-order valence-corrected chi connectivity index (χ1v) is 4.33. The molecule has 0 aromatic carbocycles. The summed E-state index contributed by atoms with van der Waals surface area (Å²) in [6, 6.07) is 0. The highest BCUT2D eigenvalue weighted by molar-refractivity contribution is 5.50. The molecule has 9 heteroatoms. The standard InChI is InChI=1S/C7H9N7O2/c1-12-4(14(15)16)3-9-5(12)6-10-11-7(8)13(6)2/h3H,1-2H3,(H2,8,11). The lowest BCUT2D eigenvalue weighted by Crippen LogP contribution is -2.04. The van der Waals surface area contributed by atoms with Crippen molar-refractivity contribution in [3.8, 4) is 11.6 Å². The maximum absolute atomic E-state index is 10.6. The molecule has 0 amide bonds. The molecule has 0 saturated heterocycles. The first-order valence-electron chi connectivity index (χ1n) is 4.33. The first kappa shape index (κ1) is 10.1. The Balaban J connectivity index is 2.57. The van der Waals surface area contributed by atoms with Crippen molar-refractivity contribution in [3.63, 3.8) is 0 Å². The van der Waals surface area contributed by atoms with E-state index in [0.717, 1.165) is 0 Å². The van der Waals surface area contributed by atoms with E-state index >= 15 is 0 Å². The summed E-state index contributed by atoms with van der Waals surface area (Å²) in [7, 11) is 3.19. The molecule has 2 rings (SSSR count). The number of hydrogen-bond acceptors (Lipinski definition) is 6. The second kappa shape index (κ2) is 3.29. The SMILES string of the molecule is Cn1c([N+](=O)[O-])cnc1-c1nnc(N)n1C. The van der Waals surface area contributed by atoms with E-state index in [0.29, 0.717) is 11.6 Å². The molecule has 2 aromatic rings. The molecule has 9 nitrogen and oxygen atoms in total. The van der Waals surface area contributed by atoms with Crippen LogP contribution in [0.1, 0.15) is 0 Å². The lowest BCUT2D eigenvalue weighted by molar-refractivity contribution is -0.391. The molecule has 0 atom stereocenters. The monoisotopic (exact) mass is 223 g/mol. The number of imidazole rings is 1. The van der Waals surface area contributed by atoms with Gasteiger partial charge in [0.15, 0.2) is 0 Å². The average Bonchev–Trinajstić information content (AvgIpc) is 2.73. The van der Waals surface area contributed by atoms with Crippen LogP contribution in [0.15, 0.2) is 6.20 Å². The van der Waals surface area contributed by atoms with Crippen molar-refractivity contribution >= 4 is 11.8 Å². The van der Waals surface area contributed by atoms with E-state index < -0.39 is 4.92 Å². The predicted octanol–water partition coefficient (Wildman–Crippen LogP) is -0.294. The fourth-order valence-electron chi connectivity index (χ4n) is 1.31. The summed E-state index contributed by atoms with van der Waals surface area (Å²) < 4.78 is 2.83. The summed E-state index contributed by atoms with van der Waals surface area (Å²) in [6.07, 6.45) is 1.17. The van der Waals surface area contributed by atoms with Crippen molar-refractivity contribution in [1.29, 1.82) is 0 Å². The molecule has 16 heavy (non-hydrogen) atoms. The third kappa shape index (κ3) is 1.29. The molecular formula is C7H9N7O2. The Labute approximate surface area is 89.7 Å². The van der Waals surface area contributed by atoms with E-state index in [1.54, 1.807) is 7.05 Å². The molecule has 0 unspecified atom stereocenters. The predicted molar refractivity (Wildman–Crippen MR) is 54.3 cm³/mol. The molecule has 0 radical (unpaired) electrons. The summed E-state index contributed by atoms with van der Waals surface area (Å²) in [6.45, 7) is 0. The molecule has 0 saturated carbocycles. The van der Waals surface area contributed by atoms with Crippen molar-refractivity contribution in [3.05, 3.63) is 16.3 Å². The fraction of sp³-hybridized carbons (Fsp3) is 0.286.